The minimum atomic E-state index is -0.154. The molecule has 0 bridgehead atoms. The summed E-state index contributed by atoms with van der Waals surface area (Å²) < 4.78 is 5.39. The molecule has 0 aliphatic carbocycles. The second kappa shape index (κ2) is 6.83. The molecule has 2 heterocycles. The molecule has 5 rings (SSSR count). The van der Waals surface area contributed by atoms with Crippen LogP contribution in [0.15, 0.2) is 64.5 Å². The number of carbonyl (C=O) groups excluding carboxylic acids is 1. The highest BCUT2D eigenvalue weighted by Gasteiger charge is 2.27. The smallest absolute Gasteiger partial charge is 0.286 e. The summed E-state index contributed by atoms with van der Waals surface area (Å²) in [7, 11) is 0. The van der Waals surface area contributed by atoms with Crippen molar-refractivity contribution in [2.24, 2.45) is 4.99 Å². The Balaban J connectivity index is 1.57. The van der Waals surface area contributed by atoms with Crippen molar-refractivity contribution in [3.05, 3.63) is 65.1 Å². The number of aliphatic imine (C=N–C) groups is 1. The molecule has 1 fully saturated rings. The third-order valence-corrected chi connectivity index (χ3v) is 6.02. The predicted octanol–water partition coefficient (Wildman–Crippen LogP) is 4.30. The van der Waals surface area contributed by atoms with E-state index in [0.29, 0.717) is 18.1 Å². The average molecular weight is 374 g/mol. The molecule has 2 aliphatic heterocycles. The fourth-order valence-corrected chi connectivity index (χ4v) is 4.59. The standard InChI is InChI=1S/C22H18N2O2S/c25-21-20(27-22(23-21)24-9-11-26-12-10-24)14-16-13-15-5-1-2-6-17(15)19-8-4-3-7-18(16)19/h1-8,13-14H,9-12H2/b20-14+. The number of fused-ring (bicyclic) bond motifs is 3. The first kappa shape index (κ1) is 16.5. The van der Waals surface area contributed by atoms with Crippen LogP contribution in [0.2, 0.25) is 0 Å². The Kier molecular flexibility index (Phi) is 4.19. The van der Waals surface area contributed by atoms with Crippen molar-refractivity contribution in [2.75, 3.05) is 26.3 Å². The van der Waals surface area contributed by atoms with Gasteiger partial charge in [0.05, 0.1) is 18.1 Å². The molecule has 0 aromatic heterocycles. The highest BCUT2D eigenvalue weighted by molar-refractivity contribution is 8.18. The van der Waals surface area contributed by atoms with Gasteiger partial charge in [0.15, 0.2) is 5.17 Å². The molecule has 0 spiro atoms. The lowest BCUT2D eigenvalue weighted by molar-refractivity contribution is -0.113. The minimum absolute atomic E-state index is 0.154. The summed E-state index contributed by atoms with van der Waals surface area (Å²) in [6.07, 6.45) is 1.98. The zero-order valence-electron chi connectivity index (χ0n) is 14.7. The summed E-state index contributed by atoms with van der Waals surface area (Å²) in [5.41, 5.74) is 1.05. The van der Waals surface area contributed by atoms with E-state index < -0.39 is 0 Å². The average Bonchev–Trinajstić information content (AvgIpc) is 3.09. The van der Waals surface area contributed by atoms with Gasteiger partial charge in [-0.2, -0.15) is 4.99 Å². The SMILES string of the molecule is O=C1N=C(N2CCOCC2)S/C1=C/c1cc2ccccc2c2ccccc12. The van der Waals surface area contributed by atoms with Crippen LogP contribution in [0.3, 0.4) is 0 Å². The molecular formula is C22H18N2O2S. The molecule has 1 saturated heterocycles. The Bertz CT molecular complexity index is 1110. The van der Waals surface area contributed by atoms with Crippen LogP contribution in [0.5, 0.6) is 0 Å². The number of benzene rings is 3. The number of morpholine rings is 1. The van der Waals surface area contributed by atoms with Gasteiger partial charge in [0, 0.05) is 13.1 Å². The normalized spacial score (nSPS) is 19.3. The van der Waals surface area contributed by atoms with Gasteiger partial charge in [-0.15, -0.1) is 0 Å². The third-order valence-electron chi connectivity index (χ3n) is 4.98. The molecule has 27 heavy (non-hydrogen) atoms. The second-order valence-electron chi connectivity index (χ2n) is 6.64. The van der Waals surface area contributed by atoms with Gasteiger partial charge in [-0.25, -0.2) is 0 Å². The number of hydrogen-bond donors (Lipinski definition) is 0. The maximum Gasteiger partial charge on any atom is 0.286 e. The maximum absolute atomic E-state index is 12.5. The van der Waals surface area contributed by atoms with Crippen LogP contribution >= 0.6 is 11.8 Å². The van der Waals surface area contributed by atoms with E-state index in [-0.39, 0.29) is 5.91 Å². The van der Waals surface area contributed by atoms with Crippen LogP contribution in [-0.4, -0.2) is 42.3 Å². The lowest BCUT2D eigenvalue weighted by Crippen LogP contribution is -2.38. The number of hydrogen-bond acceptors (Lipinski definition) is 4. The Hall–Kier alpha value is -2.63. The quantitative estimate of drug-likeness (QED) is 0.471. The van der Waals surface area contributed by atoms with Crippen molar-refractivity contribution in [1.82, 2.24) is 4.90 Å². The Morgan fingerprint density at radius 1 is 0.963 bits per heavy atom. The van der Waals surface area contributed by atoms with E-state index in [9.17, 15) is 4.79 Å². The molecule has 2 aliphatic rings. The van der Waals surface area contributed by atoms with E-state index in [2.05, 4.69) is 52.4 Å². The summed E-state index contributed by atoms with van der Waals surface area (Å²) in [5.74, 6) is -0.154. The van der Waals surface area contributed by atoms with E-state index in [4.69, 9.17) is 4.74 Å². The van der Waals surface area contributed by atoms with Crippen molar-refractivity contribution < 1.29 is 9.53 Å². The molecule has 0 atom stereocenters. The largest absolute Gasteiger partial charge is 0.378 e. The summed E-state index contributed by atoms with van der Waals surface area (Å²) >= 11 is 1.47. The summed E-state index contributed by atoms with van der Waals surface area (Å²) in [5, 5.41) is 5.54. The van der Waals surface area contributed by atoms with Crippen molar-refractivity contribution in [2.45, 2.75) is 0 Å². The first-order valence-electron chi connectivity index (χ1n) is 9.05. The maximum atomic E-state index is 12.5. The molecule has 4 nitrogen and oxygen atoms in total. The fraction of sp³-hybridized carbons (Fsp3) is 0.182. The number of amides is 1. The van der Waals surface area contributed by atoms with Gasteiger partial charge in [0.2, 0.25) is 0 Å². The molecule has 3 aromatic carbocycles. The van der Waals surface area contributed by atoms with E-state index in [0.717, 1.165) is 29.2 Å². The zero-order valence-corrected chi connectivity index (χ0v) is 15.5. The van der Waals surface area contributed by atoms with Gasteiger partial charge >= 0.3 is 0 Å². The topological polar surface area (TPSA) is 41.9 Å². The number of carbonyl (C=O) groups is 1. The lowest BCUT2D eigenvalue weighted by atomic mass is 9.97. The minimum Gasteiger partial charge on any atom is -0.378 e. The van der Waals surface area contributed by atoms with Crippen LogP contribution in [-0.2, 0) is 9.53 Å². The van der Waals surface area contributed by atoms with E-state index in [1.54, 1.807) is 0 Å². The van der Waals surface area contributed by atoms with Crippen LogP contribution < -0.4 is 0 Å². The van der Waals surface area contributed by atoms with E-state index in [1.807, 2.05) is 18.2 Å². The molecule has 0 N–H and O–H groups in total. The van der Waals surface area contributed by atoms with Crippen molar-refractivity contribution in [3.8, 4) is 0 Å². The van der Waals surface area contributed by atoms with Gasteiger partial charge in [0.25, 0.3) is 5.91 Å². The Labute approximate surface area is 161 Å². The summed E-state index contributed by atoms with van der Waals surface area (Å²) in [4.78, 5) is 19.6. The fourth-order valence-electron chi connectivity index (χ4n) is 3.63. The Morgan fingerprint density at radius 3 is 2.48 bits per heavy atom. The van der Waals surface area contributed by atoms with Gasteiger partial charge in [0.1, 0.15) is 0 Å². The van der Waals surface area contributed by atoms with Crippen LogP contribution in [0.25, 0.3) is 27.6 Å². The number of rotatable bonds is 1. The second-order valence-corrected chi connectivity index (χ2v) is 7.65. The van der Waals surface area contributed by atoms with Crippen LogP contribution in [0.4, 0.5) is 0 Å². The van der Waals surface area contributed by atoms with Crippen LogP contribution in [0.1, 0.15) is 5.56 Å². The first-order valence-corrected chi connectivity index (χ1v) is 9.87. The summed E-state index contributed by atoms with van der Waals surface area (Å²) in [6.45, 7) is 2.93. The van der Waals surface area contributed by atoms with Crippen LogP contribution in [0, 0.1) is 0 Å². The zero-order chi connectivity index (χ0) is 18.2. The molecule has 5 heteroatoms. The molecule has 1 amide bonds. The molecule has 3 aromatic rings. The number of ether oxygens (including phenoxy) is 1. The summed E-state index contributed by atoms with van der Waals surface area (Å²) in [6, 6.07) is 18.9. The van der Waals surface area contributed by atoms with Gasteiger partial charge < -0.3 is 9.64 Å². The lowest BCUT2D eigenvalue weighted by Gasteiger charge is -2.27. The van der Waals surface area contributed by atoms with E-state index in [1.165, 1.54) is 27.9 Å². The number of nitrogens with zero attached hydrogens (tertiary/aromatic N) is 2. The first-order chi connectivity index (χ1) is 13.3. The molecule has 0 radical (unpaired) electrons. The predicted molar refractivity (Wildman–Crippen MR) is 112 cm³/mol. The molecule has 0 saturated carbocycles. The molecular weight excluding hydrogens is 356 g/mol. The van der Waals surface area contributed by atoms with Crippen molar-refractivity contribution in [3.63, 3.8) is 0 Å². The highest BCUT2D eigenvalue weighted by Crippen LogP contribution is 2.34. The Morgan fingerprint density at radius 2 is 1.67 bits per heavy atom. The monoisotopic (exact) mass is 374 g/mol. The van der Waals surface area contributed by atoms with Crippen molar-refractivity contribution >= 4 is 50.5 Å². The number of thioether (sulfide) groups is 1. The van der Waals surface area contributed by atoms with E-state index >= 15 is 0 Å². The highest BCUT2D eigenvalue weighted by atomic mass is 32.2. The molecule has 0 unspecified atom stereocenters. The van der Waals surface area contributed by atoms with Gasteiger partial charge in [-0.3, -0.25) is 4.79 Å². The van der Waals surface area contributed by atoms with Gasteiger partial charge in [-0.1, -0.05) is 48.5 Å². The third kappa shape index (κ3) is 3.03. The van der Waals surface area contributed by atoms with Crippen molar-refractivity contribution in [1.29, 1.82) is 0 Å². The molecule has 134 valence electrons. The van der Waals surface area contributed by atoms with Gasteiger partial charge in [-0.05, 0) is 51.0 Å². The number of amidine groups is 1.